The van der Waals surface area contributed by atoms with Crippen LogP contribution in [0.15, 0.2) is 42.5 Å². The van der Waals surface area contributed by atoms with E-state index in [4.69, 9.17) is 10.5 Å². The SMILES string of the molecule is CC(C)OC(=O)c1ccc(Nc2ccc(C(N)=O)cc2[N+](=O)[O-])cc1. The number of nitrogens with zero attached hydrogens (tertiary/aromatic N) is 1. The monoisotopic (exact) mass is 343 g/mol. The first-order valence-electron chi connectivity index (χ1n) is 7.44. The Morgan fingerprint density at radius 2 is 1.72 bits per heavy atom. The predicted octanol–water partition coefficient (Wildman–Crippen LogP) is 3.00. The first kappa shape index (κ1) is 17.9. The van der Waals surface area contributed by atoms with Crippen LogP contribution in [0, 0.1) is 10.1 Å². The highest BCUT2D eigenvalue weighted by atomic mass is 16.6. The van der Waals surface area contributed by atoms with Crippen molar-refractivity contribution in [3.63, 3.8) is 0 Å². The lowest BCUT2D eigenvalue weighted by Crippen LogP contribution is -2.12. The number of nitro benzene ring substituents is 1. The van der Waals surface area contributed by atoms with Crippen molar-refractivity contribution in [3.05, 3.63) is 63.7 Å². The fourth-order valence-electron chi connectivity index (χ4n) is 2.07. The summed E-state index contributed by atoms with van der Waals surface area (Å²) in [6.45, 7) is 3.51. The number of nitrogens with two attached hydrogens (primary N) is 1. The summed E-state index contributed by atoms with van der Waals surface area (Å²) in [7, 11) is 0. The number of esters is 1. The van der Waals surface area contributed by atoms with E-state index in [1.807, 2.05) is 0 Å². The molecule has 0 radical (unpaired) electrons. The Balaban J connectivity index is 2.23. The molecule has 2 aromatic carbocycles. The van der Waals surface area contributed by atoms with Crippen molar-refractivity contribution < 1.29 is 19.2 Å². The lowest BCUT2D eigenvalue weighted by molar-refractivity contribution is -0.383. The van der Waals surface area contributed by atoms with Gasteiger partial charge in [0.25, 0.3) is 5.69 Å². The van der Waals surface area contributed by atoms with Gasteiger partial charge in [-0.3, -0.25) is 14.9 Å². The number of carbonyl (C=O) groups is 2. The van der Waals surface area contributed by atoms with Gasteiger partial charge >= 0.3 is 5.97 Å². The molecule has 0 unspecified atom stereocenters. The van der Waals surface area contributed by atoms with E-state index in [-0.39, 0.29) is 23.0 Å². The summed E-state index contributed by atoms with van der Waals surface area (Å²) in [5.74, 6) is -1.19. The summed E-state index contributed by atoms with van der Waals surface area (Å²) in [5.41, 5.74) is 6.02. The van der Waals surface area contributed by atoms with Gasteiger partial charge in [-0.2, -0.15) is 0 Å². The number of ether oxygens (including phenoxy) is 1. The van der Waals surface area contributed by atoms with Crippen LogP contribution < -0.4 is 11.1 Å². The molecule has 8 nitrogen and oxygen atoms in total. The number of anilines is 2. The van der Waals surface area contributed by atoms with Gasteiger partial charge < -0.3 is 15.8 Å². The highest BCUT2D eigenvalue weighted by Crippen LogP contribution is 2.28. The van der Waals surface area contributed by atoms with Gasteiger partial charge in [0.2, 0.25) is 5.91 Å². The Labute approximate surface area is 143 Å². The molecule has 0 saturated carbocycles. The van der Waals surface area contributed by atoms with E-state index >= 15 is 0 Å². The van der Waals surface area contributed by atoms with E-state index in [0.29, 0.717) is 11.3 Å². The Kier molecular flexibility index (Phi) is 5.33. The molecule has 1 amide bonds. The van der Waals surface area contributed by atoms with Crippen molar-refractivity contribution in [3.8, 4) is 0 Å². The molecule has 0 saturated heterocycles. The first-order valence-corrected chi connectivity index (χ1v) is 7.44. The second-order valence-corrected chi connectivity index (χ2v) is 5.51. The third kappa shape index (κ3) is 4.54. The molecule has 0 aromatic heterocycles. The Morgan fingerprint density at radius 1 is 1.12 bits per heavy atom. The maximum atomic E-state index is 11.8. The molecule has 0 aliphatic heterocycles. The van der Waals surface area contributed by atoms with Crippen LogP contribution in [-0.2, 0) is 4.74 Å². The van der Waals surface area contributed by atoms with Crippen molar-refractivity contribution in [2.45, 2.75) is 20.0 Å². The number of hydrogen-bond acceptors (Lipinski definition) is 6. The smallest absolute Gasteiger partial charge is 0.338 e. The predicted molar refractivity (Wildman–Crippen MR) is 91.9 cm³/mol. The van der Waals surface area contributed by atoms with E-state index < -0.39 is 16.8 Å². The maximum absolute atomic E-state index is 11.8. The Morgan fingerprint density at radius 3 is 2.24 bits per heavy atom. The average molecular weight is 343 g/mol. The van der Waals surface area contributed by atoms with Gasteiger partial charge in [0.05, 0.1) is 16.6 Å². The lowest BCUT2D eigenvalue weighted by Gasteiger charge is -2.10. The van der Waals surface area contributed by atoms with Gasteiger partial charge in [0.15, 0.2) is 0 Å². The van der Waals surface area contributed by atoms with Gasteiger partial charge in [-0.05, 0) is 50.2 Å². The standard InChI is InChI=1S/C17H17N3O5/c1-10(2)25-17(22)11-3-6-13(7-4-11)19-14-8-5-12(16(18)21)9-15(14)20(23)24/h3-10,19H,1-2H3,(H2,18,21). The second kappa shape index (κ2) is 7.43. The molecule has 2 rings (SSSR count). The largest absolute Gasteiger partial charge is 0.459 e. The molecule has 0 aliphatic rings. The zero-order chi connectivity index (χ0) is 18.6. The zero-order valence-electron chi connectivity index (χ0n) is 13.7. The highest BCUT2D eigenvalue weighted by Gasteiger charge is 2.17. The van der Waals surface area contributed by atoms with E-state index in [2.05, 4.69) is 5.32 Å². The number of nitrogens with one attached hydrogen (secondary N) is 1. The number of primary amides is 1. The number of rotatable bonds is 6. The van der Waals surface area contributed by atoms with Crippen molar-refractivity contribution in [1.82, 2.24) is 0 Å². The van der Waals surface area contributed by atoms with Crippen LogP contribution in [0.4, 0.5) is 17.1 Å². The minimum atomic E-state index is -0.748. The summed E-state index contributed by atoms with van der Waals surface area (Å²) in [6.07, 6.45) is -0.225. The molecule has 2 aromatic rings. The van der Waals surface area contributed by atoms with Gasteiger partial charge in [-0.25, -0.2) is 4.79 Å². The third-order valence-electron chi connectivity index (χ3n) is 3.22. The minimum Gasteiger partial charge on any atom is -0.459 e. The molecule has 0 fully saturated rings. The van der Waals surface area contributed by atoms with Gasteiger partial charge in [-0.15, -0.1) is 0 Å². The van der Waals surface area contributed by atoms with Crippen molar-refractivity contribution >= 4 is 28.9 Å². The molecule has 0 heterocycles. The average Bonchev–Trinajstić information content (AvgIpc) is 2.54. The molecule has 0 aliphatic carbocycles. The van der Waals surface area contributed by atoms with Gasteiger partial charge in [0, 0.05) is 17.3 Å². The summed E-state index contributed by atoms with van der Waals surface area (Å²) in [4.78, 5) is 33.5. The number of carbonyl (C=O) groups excluding carboxylic acids is 2. The quantitative estimate of drug-likeness (QED) is 0.472. The van der Waals surface area contributed by atoms with Crippen LogP contribution in [0.1, 0.15) is 34.6 Å². The zero-order valence-corrected chi connectivity index (χ0v) is 13.7. The van der Waals surface area contributed by atoms with Crippen LogP contribution in [0.25, 0.3) is 0 Å². The van der Waals surface area contributed by atoms with Crippen LogP contribution in [0.5, 0.6) is 0 Å². The van der Waals surface area contributed by atoms with Crippen LogP contribution >= 0.6 is 0 Å². The van der Waals surface area contributed by atoms with Crippen molar-refractivity contribution in [1.29, 1.82) is 0 Å². The number of benzene rings is 2. The van der Waals surface area contributed by atoms with Crippen LogP contribution in [0.3, 0.4) is 0 Å². The van der Waals surface area contributed by atoms with Crippen molar-refractivity contribution in [2.75, 3.05) is 5.32 Å². The van der Waals surface area contributed by atoms with Crippen LogP contribution in [-0.4, -0.2) is 22.9 Å². The fourth-order valence-corrected chi connectivity index (χ4v) is 2.07. The Bertz CT molecular complexity index is 816. The summed E-state index contributed by atoms with van der Waals surface area (Å²) >= 11 is 0. The van der Waals surface area contributed by atoms with E-state index in [0.717, 1.165) is 6.07 Å². The van der Waals surface area contributed by atoms with Crippen LogP contribution in [0.2, 0.25) is 0 Å². The van der Waals surface area contributed by atoms with Crippen molar-refractivity contribution in [2.24, 2.45) is 5.73 Å². The number of nitro groups is 1. The number of amides is 1. The van der Waals surface area contributed by atoms with E-state index in [1.165, 1.54) is 12.1 Å². The Hall–Kier alpha value is -3.42. The fraction of sp³-hybridized carbons (Fsp3) is 0.176. The third-order valence-corrected chi connectivity index (χ3v) is 3.22. The summed E-state index contributed by atoms with van der Waals surface area (Å²) in [6, 6.07) is 10.2. The molecule has 25 heavy (non-hydrogen) atoms. The lowest BCUT2D eigenvalue weighted by atomic mass is 10.1. The maximum Gasteiger partial charge on any atom is 0.338 e. The number of hydrogen-bond donors (Lipinski definition) is 2. The molecule has 3 N–H and O–H groups in total. The normalized spacial score (nSPS) is 10.4. The second-order valence-electron chi connectivity index (χ2n) is 5.51. The summed E-state index contributed by atoms with van der Waals surface area (Å²) in [5, 5.41) is 14.1. The van der Waals surface area contributed by atoms with Gasteiger partial charge in [-0.1, -0.05) is 0 Å². The molecular formula is C17H17N3O5. The molecule has 0 spiro atoms. The minimum absolute atomic E-state index is 0.0454. The topological polar surface area (TPSA) is 125 Å². The molecular weight excluding hydrogens is 326 g/mol. The molecule has 130 valence electrons. The first-order chi connectivity index (χ1) is 11.8. The summed E-state index contributed by atoms with van der Waals surface area (Å²) < 4.78 is 5.09. The highest BCUT2D eigenvalue weighted by molar-refractivity contribution is 5.94. The van der Waals surface area contributed by atoms with Gasteiger partial charge in [0.1, 0.15) is 5.69 Å². The molecule has 8 heteroatoms. The van der Waals surface area contributed by atoms with E-state index in [9.17, 15) is 19.7 Å². The molecule has 0 bridgehead atoms. The molecule has 0 atom stereocenters. The van der Waals surface area contributed by atoms with E-state index in [1.54, 1.807) is 38.1 Å².